The number of allylic oxidation sites excluding steroid dienone is 2. The smallest absolute Gasteiger partial charge is 0.258 e. The van der Waals surface area contributed by atoms with E-state index in [0.717, 1.165) is 6.07 Å². The third-order valence-corrected chi connectivity index (χ3v) is 6.91. The number of carbonyl (C=O) groups excluding carboxylic acids is 1. The van der Waals surface area contributed by atoms with Gasteiger partial charge in [0, 0.05) is 36.5 Å². The molecule has 1 amide bonds. The van der Waals surface area contributed by atoms with E-state index in [2.05, 4.69) is 10.3 Å². The number of halogens is 3. The number of likely N-dealkylation sites (tertiary alicyclic amines) is 2. The predicted octanol–water partition coefficient (Wildman–Crippen LogP) is 2.83. The van der Waals surface area contributed by atoms with Crippen LogP contribution in [0.5, 0.6) is 5.75 Å². The molecule has 0 radical (unpaired) electrons. The van der Waals surface area contributed by atoms with Crippen LogP contribution in [0, 0.1) is 11.2 Å². The van der Waals surface area contributed by atoms with Crippen molar-refractivity contribution in [1.29, 1.82) is 5.41 Å². The van der Waals surface area contributed by atoms with Gasteiger partial charge in [0.1, 0.15) is 30.7 Å². The number of amides is 1. The summed E-state index contributed by atoms with van der Waals surface area (Å²) in [6.07, 6.45) is -0.178. The van der Waals surface area contributed by atoms with Gasteiger partial charge < -0.3 is 25.5 Å². The highest BCUT2D eigenvalue weighted by Gasteiger charge is 2.34. The molecule has 0 saturated carbocycles. The fourth-order valence-electron chi connectivity index (χ4n) is 4.54. The van der Waals surface area contributed by atoms with Gasteiger partial charge in [0.05, 0.1) is 41.2 Å². The third-order valence-electron chi connectivity index (χ3n) is 6.35. The molecule has 2 fully saturated rings. The van der Waals surface area contributed by atoms with E-state index < -0.39 is 24.5 Å². The van der Waals surface area contributed by atoms with E-state index in [0.29, 0.717) is 40.8 Å². The Morgan fingerprint density at radius 1 is 1.37 bits per heavy atom. The molecule has 3 heterocycles. The van der Waals surface area contributed by atoms with Crippen molar-refractivity contribution < 1.29 is 23.4 Å². The Morgan fingerprint density at radius 2 is 2.14 bits per heavy atom. The molecule has 3 aliphatic heterocycles. The second-order valence-electron chi connectivity index (χ2n) is 8.91. The van der Waals surface area contributed by atoms with Crippen LogP contribution in [0.1, 0.15) is 30.6 Å². The molecule has 2 atom stereocenters. The SMILES string of the molecule is CC1=N/C(=C2\CN(C(=O)c3ccc(F)cc3OCC3CC(O)CN3CCF)CC2=N)NC(C)=C1Cl. The molecule has 0 bridgehead atoms. The number of β-amino-alcohol motifs (C(OH)–C–C–N with tert-alkyl or cyclic N) is 1. The summed E-state index contributed by atoms with van der Waals surface area (Å²) in [6.45, 7) is 3.84. The van der Waals surface area contributed by atoms with E-state index in [-0.39, 0.29) is 49.3 Å². The van der Waals surface area contributed by atoms with Crippen LogP contribution in [-0.4, -0.2) is 83.8 Å². The van der Waals surface area contributed by atoms with Crippen LogP contribution in [0.2, 0.25) is 0 Å². The Morgan fingerprint density at radius 3 is 2.86 bits per heavy atom. The molecule has 0 spiro atoms. The van der Waals surface area contributed by atoms with Crippen molar-refractivity contribution in [1.82, 2.24) is 15.1 Å². The summed E-state index contributed by atoms with van der Waals surface area (Å²) in [5.41, 5.74) is 2.32. The van der Waals surface area contributed by atoms with Gasteiger partial charge in [-0.1, -0.05) is 11.6 Å². The normalized spacial score (nSPS) is 25.3. The summed E-state index contributed by atoms with van der Waals surface area (Å²) < 4.78 is 32.7. The lowest BCUT2D eigenvalue weighted by Crippen LogP contribution is -2.36. The highest BCUT2D eigenvalue weighted by Crippen LogP contribution is 2.28. The van der Waals surface area contributed by atoms with E-state index in [1.54, 1.807) is 11.8 Å². The maximum Gasteiger partial charge on any atom is 0.258 e. The summed E-state index contributed by atoms with van der Waals surface area (Å²) in [7, 11) is 0. The molecular weight excluding hydrogens is 480 g/mol. The van der Waals surface area contributed by atoms with Crippen molar-refractivity contribution in [3.8, 4) is 5.75 Å². The summed E-state index contributed by atoms with van der Waals surface area (Å²) >= 11 is 6.19. The minimum absolute atomic E-state index is 0.0689. The first kappa shape index (κ1) is 25.3. The molecule has 11 heteroatoms. The zero-order chi connectivity index (χ0) is 25.3. The van der Waals surface area contributed by atoms with Crippen molar-refractivity contribution in [2.45, 2.75) is 32.4 Å². The third kappa shape index (κ3) is 5.39. The van der Waals surface area contributed by atoms with Crippen LogP contribution in [0.15, 0.2) is 45.3 Å². The zero-order valence-electron chi connectivity index (χ0n) is 19.6. The molecule has 1 aromatic carbocycles. The number of aliphatic hydroxyl groups is 1. The average Bonchev–Trinajstić information content (AvgIpc) is 3.37. The highest BCUT2D eigenvalue weighted by molar-refractivity contribution is 6.43. The largest absolute Gasteiger partial charge is 0.491 e. The molecule has 4 rings (SSSR count). The lowest BCUT2D eigenvalue weighted by atomic mass is 10.1. The lowest BCUT2D eigenvalue weighted by Gasteiger charge is -2.24. The number of aliphatic hydroxyl groups excluding tert-OH is 1. The number of alkyl halides is 1. The Balaban J connectivity index is 1.52. The zero-order valence-corrected chi connectivity index (χ0v) is 20.3. The maximum absolute atomic E-state index is 14.0. The van der Waals surface area contributed by atoms with Crippen molar-refractivity contribution in [3.63, 3.8) is 0 Å². The Labute approximate surface area is 207 Å². The van der Waals surface area contributed by atoms with Crippen LogP contribution in [0.3, 0.4) is 0 Å². The highest BCUT2D eigenvalue weighted by atomic mass is 35.5. The number of rotatable bonds is 6. The molecule has 0 aromatic heterocycles. The van der Waals surface area contributed by atoms with E-state index in [9.17, 15) is 18.7 Å². The Bertz CT molecular complexity index is 1140. The second kappa shape index (κ2) is 10.4. The van der Waals surface area contributed by atoms with Gasteiger partial charge in [0.2, 0.25) is 0 Å². The number of hydrogen-bond donors (Lipinski definition) is 3. The first-order chi connectivity index (χ1) is 16.7. The molecular formula is C24H28ClF2N5O3. The van der Waals surface area contributed by atoms with Gasteiger partial charge in [-0.05, 0) is 32.4 Å². The van der Waals surface area contributed by atoms with Gasteiger partial charge in [-0.3, -0.25) is 9.69 Å². The first-order valence-corrected chi connectivity index (χ1v) is 11.8. The van der Waals surface area contributed by atoms with Gasteiger partial charge in [-0.25, -0.2) is 13.8 Å². The Hall–Kier alpha value is -2.82. The van der Waals surface area contributed by atoms with Gasteiger partial charge >= 0.3 is 0 Å². The van der Waals surface area contributed by atoms with Gasteiger partial charge in [-0.2, -0.15) is 0 Å². The van der Waals surface area contributed by atoms with Gasteiger partial charge in [-0.15, -0.1) is 0 Å². The quantitative estimate of drug-likeness (QED) is 0.549. The number of ether oxygens (including phenoxy) is 1. The van der Waals surface area contributed by atoms with Crippen molar-refractivity contribution in [2.24, 2.45) is 4.99 Å². The molecule has 3 aliphatic rings. The standard InChI is InChI=1S/C24H28ClF2N5O3/c1-13-22(25)14(2)30-23(29-13)19-10-32(11-20(19)28)24(34)18-4-3-15(27)7-21(18)35-12-16-8-17(33)9-31(16)6-5-26/h3-4,7,16-17,28-29,33H,5-6,8-12H2,1-2H3/b23-19+,28-20?. The van der Waals surface area contributed by atoms with Crippen LogP contribution in [-0.2, 0) is 0 Å². The molecule has 1 aromatic rings. The molecule has 8 nitrogen and oxygen atoms in total. The lowest BCUT2D eigenvalue weighted by molar-refractivity contribution is 0.0797. The summed E-state index contributed by atoms with van der Waals surface area (Å²) in [4.78, 5) is 21.1. The predicted molar refractivity (Wildman–Crippen MR) is 129 cm³/mol. The number of carbonyl (C=O) groups is 1. The fourth-order valence-corrected chi connectivity index (χ4v) is 4.63. The van der Waals surface area contributed by atoms with Crippen molar-refractivity contribution in [3.05, 3.63) is 51.7 Å². The first-order valence-electron chi connectivity index (χ1n) is 11.4. The number of aliphatic imine (C=N–C) groups is 1. The Kier molecular flexibility index (Phi) is 7.53. The molecule has 35 heavy (non-hydrogen) atoms. The second-order valence-corrected chi connectivity index (χ2v) is 9.28. The van der Waals surface area contributed by atoms with E-state index in [1.807, 2.05) is 6.92 Å². The van der Waals surface area contributed by atoms with Gasteiger partial charge in [0.15, 0.2) is 0 Å². The average molecular weight is 508 g/mol. The topological polar surface area (TPSA) is 101 Å². The molecule has 0 aliphatic carbocycles. The van der Waals surface area contributed by atoms with Crippen molar-refractivity contribution >= 4 is 28.9 Å². The van der Waals surface area contributed by atoms with Crippen LogP contribution in [0.25, 0.3) is 0 Å². The molecule has 3 N–H and O–H groups in total. The minimum Gasteiger partial charge on any atom is -0.491 e. The van der Waals surface area contributed by atoms with Gasteiger partial charge in [0.25, 0.3) is 5.91 Å². The van der Waals surface area contributed by atoms with E-state index in [1.165, 1.54) is 17.0 Å². The molecule has 2 unspecified atom stereocenters. The molecule has 2 saturated heterocycles. The maximum atomic E-state index is 14.0. The summed E-state index contributed by atoms with van der Waals surface area (Å²) in [6, 6.07) is 3.44. The van der Waals surface area contributed by atoms with Crippen molar-refractivity contribution in [2.75, 3.05) is 39.5 Å². The van der Waals surface area contributed by atoms with Crippen LogP contribution >= 0.6 is 11.6 Å². The summed E-state index contributed by atoms with van der Waals surface area (Å²) in [5.74, 6) is -0.419. The molecule has 188 valence electrons. The summed E-state index contributed by atoms with van der Waals surface area (Å²) in [5, 5.41) is 22.0. The number of nitrogens with one attached hydrogen (secondary N) is 2. The van der Waals surface area contributed by atoms with Crippen LogP contribution < -0.4 is 10.1 Å². The van der Waals surface area contributed by atoms with E-state index in [4.69, 9.17) is 21.7 Å². The number of hydrogen-bond acceptors (Lipinski definition) is 7. The fraction of sp³-hybridized carbons (Fsp3) is 0.458. The van der Waals surface area contributed by atoms with E-state index >= 15 is 0 Å². The number of benzene rings is 1. The minimum atomic E-state index is -0.584. The monoisotopic (exact) mass is 507 g/mol. The number of nitrogens with zero attached hydrogens (tertiary/aromatic N) is 3. The van der Waals surface area contributed by atoms with Crippen LogP contribution in [0.4, 0.5) is 8.78 Å².